The lowest BCUT2D eigenvalue weighted by Crippen LogP contribution is -2.52. The molecule has 4 rings (SSSR count). The second kappa shape index (κ2) is 5.19. The number of hydrogen-bond donors (Lipinski definition) is 0. The zero-order valence-electron chi connectivity index (χ0n) is 11.8. The lowest BCUT2D eigenvalue weighted by molar-refractivity contribution is 0.134. The molecular weight excluding hydrogens is 270 g/mol. The molecule has 0 amide bonds. The smallest absolute Gasteiger partial charge is 0.128 e. The van der Waals surface area contributed by atoms with Crippen molar-refractivity contribution in [2.45, 2.75) is 31.7 Å². The van der Waals surface area contributed by atoms with Crippen LogP contribution in [-0.4, -0.2) is 42.1 Å². The van der Waals surface area contributed by atoms with E-state index >= 15 is 0 Å². The van der Waals surface area contributed by atoms with E-state index in [1.165, 1.54) is 38.8 Å². The molecule has 3 unspecified atom stereocenters. The van der Waals surface area contributed by atoms with Crippen molar-refractivity contribution in [3.63, 3.8) is 0 Å². The van der Waals surface area contributed by atoms with E-state index < -0.39 is 0 Å². The topological polar surface area (TPSA) is 19.4 Å². The Hall–Kier alpha value is -0.800. The second-order valence-electron chi connectivity index (χ2n) is 6.60. The normalized spacial score (nSPS) is 33.9. The molecule has 3 nitrogen and oxygen atoms in total. The molecule has 2 bridgehead atoms. The summed E-state index contributed by atoms with van der Waals surface area (Å²) >= 11 is 5.91. The minimum Gasteiger partial charge on any atom is -0.354 e. The number of hydrogen-bond acceptors (Lipinski definition) is 3. The average Bonchev–Trinajstić information content (AvgIpc) is 3.11. The number of nitrogens with zero attached hydrogens (tertiary/aromatic N) is 3. The van der Waals surface area contributed by atoms with E-state index in [9.17, 15) is 0 Å². The van der Waals surface area contributed by atoms with Crippen LogP contribution in [-0.2, 0) is 0 Å². The highest BCUT2D eigenvalue weighted by molar-refractivity contribution is 6.30. The Morgan fingerprint density at radius 2 is 1.90 bits per heavy atom. The summed E-state index contributed by atoms with van der Waals surface area (Å²) in [4.78, 5) is 9.57. The van der Waals surface area contributed by atoms with Gasteiger partial charge in [-0.2, -0.15) is 0 Å². The van der Waals surface area contributed by atoms with Gasteiger partial charge in [-0.05, 0) is 43.2 Å². The van der Waals surface area contributed by atoms with E-state index in [2.05, 4.69) is 14.8 Å². The Kier molecular flexibility index (Phi) is 3.35. The van der Waals surface area contributed by atoms with E-state index in [1.807, 2.05) is 12.1 Å². The summed E-state index contributed by atoms with van der Waals surface area (Å²) in [6, 6.07) is 4.86. The van der Waals surface area contributed by atoms with Crippen molar-refractivity contribution in [2.24, 2.45) is 11.8 Å². The quantitative estimate of drug-likeness (QED) is 0.835. The van der Waals surface area contributed by atoms with Gasteiger partial charge in [0.25, 0.3) is 0 Å². The van der Waals surface area contributed by atoms with Gasteiger partial charge in [-0.25, -0.2) is 4.98 Å². The van der Waals surface area contributed by atoms with Crippen LogP contribution in [0.4, 0.5) is 5.82 Å². The summed E-state index contributed by atoms with van der Waals surface area (Å²) in [5, 5.41) is 0.717. The zero-order valence-corrected chi connectivity index (χ0v) is 12.6. The number of anilines is 1. The van der Waals surface area contributed by atoms with Gasteiger partial charge in [-0.3, -0.25) is 4.90 Å². The predicted molar refractivity (Wildman–Crippen MR) is 82.3 cm³/mol. The molecule has 0 spiro atoms. The Balaban J connectivity index is 1.37. The first-order chi connectivity index (χ1) is 9.79. The first kappa shape index (κ1) is 12.9. The van der Waals surface area contributed by atoms with Crippen LogP contribution in [0.25, 0.3) is 0 Å². The fourth-order valence-electron chi connectivity index (χ4n) is 4.50. The van der Waals surface area contributed by atoms with Crippen LogP contribution < -0.4 is 4.90 Å². The Morgan fingerprint density at radius 1 is 1.05 bits per heavy atom. The number of pyridine rings is 1. The van der Waals surface area contributed by atoms with Gasteiger partial charge in [-0.1, -0.05) is 18.0 Å². The van der Waals surface area contributed by atoms with Crippen molar-refractivity contribution < 1.29 is 0 Å². The maximum atomic E-state index is 5.91. The van der Waals surface area contributed by atoms with Gasteiger partial charge in [-0.15, -0.1) is 0 Å². The number of halogens is 1. The predicted octanol–water partition coefficient (Wildman–Crippen LogP) is 3.05. The second-order valence-corrected chi connectivity index (χ2v) is 7.04. The molecule has 0 radical (unpaired) electrons. The first-order valence-electron chi connectivity index (χ1n) is 7.90. The summed E-state index contributed by atoms with van der Waals surface area (Å²) in [6.45, 7) is 4.58. The minimum absolute atomic E-state index is 0.717. The van der Waals surface area contributed by atoms with Gasteiger partial charge in [0.15, 0.2) is 0 Å². The van der Waals surface area contributed by atoms with Crippen molar-refractivity contribution in [1.82, 2.24) is 9.88 Å². The monoisotopic (exact) mass is 291 g/mol. The van der Waals surface area contributed by atoms with Crippen LogP contribution >= 0.6 is 11.6 Å². The molecule has 2 heterocycles. The average molecular weight is 292 g/mol. The lowest BCUT2D eigenvalue weighted by atomic mass is 9.93. The molecule has 2 saturated carbocycles. The van der Waals surface area contributed by atoms with E-state index in [0.29, 0.717) is 0 Å². The van der Waals surface area contributed by atoms with Crippen molar-refractivity contribution in [3.05, 3.63) is 23.4 Å². The zero-order chi connectivity index (χ0) is 13.5. The molecule has 1 saturated heterocycles. The molecule has 4 heteroatoms. The summed E-state index contributed by atoms with van der Waals surface area (Å²) in [5.41, 5.74) is 0. The molecule has 108 valence electrons. The summed E-state index contributed by atoms with van der Waals surface area (Å²) < 4.78 is 0. The SMILES string of the molecule is Clc1ccc(N2CCN(C3CC4CCC3C4)CC2)nc1. The van der Waals surface area contributed by atoms with Crippen molar-refractivity contribution in [3.8, 4) is 0 Å². The highest BCUT2D eigenvalue weighted by atomic mass is 35.5. The Labute approximate surface area is 125 Å². The number of rotatable bonds is 2. The fraction of sp³-hybridized carbons (Fsp3) is 0.688. The van der Waals surface area contributed by atoms with Crippen molar-refractivity contribution in [2.75, 3.05) is 31.1 Å². The molecule has 1 aliphatic heterocycles. The number of piperazine rings is 1. The highest BCUT2D eigenvalue weighted by Gasteiger charge is 2.42. The van der Waals surface area contributed by atoms with E-state index in [4.69, 9.17) is 11.6 Å². The van der Waals surface area contributed by atoms with E-state index in [-0.39, 0.29) is 0 Å². The largest absolute Gasteiger partial charge is 0.354 e. The molecule has 3 fully saturated rings. The third kappa shape index (κ3) is 2.31. The standard InChI is InChI=1S/C16H22ClN3/c17-14-3-4-16(18-11-14)20-7-5-19(6-8-20)15-10-12-1-2-13(15)9-12/h3-4,11-13,15H,1-2,5-10H2. The fourth-order valence-corrected chi connectivity index (χ4v) is 4.61. The highest BCUT2D eigenvalue weighted by Crippen LogP contribution is 2.46. The van der Waals surface area contributed by atoms with Crippen LogP contribution in [0, 0.1) is 11.8 Å². The number of aromatic nitrogens is 1. The lowest BCUT2D eigenvalue weighted by Gasteiger charge is -2.41. The van der Waals surface area contributed by atoms with Crippen LogP contribution in [0.2, 0.25) is 5.02 Å². The van der Waals surface area contributed by atoms with Gasteiger partial charge < -0.3 is 4.90 Å². The molecular formula is C16H22ClN3. The molecule has 1 aromatic rings. The summed E-state index contributed by atoms with van der Waals surface area (Å²) in [7, 11) is 0. The van der Waals surface area contributed by atoms with E-state index in [0.717, 1.165) is 41.8 Å². The van der Waals surface area contributed by atoms with Crippen LogP contribution in [0.3, 0.4) is 0 Å². The van der Waals surface area contributed by atoms with Crippen LogP contribution in [0.5, 0.6) is 0 Å². The van der Waals surface area contributed by atoms with Crippen LogP contribution in [0.15, 0.2) is 18.3 Å². The van der Waals surface area contributed by atoms with Gasteiger partial charge >= 0.3 is 0 Å². The van der Waals surface area contributed by atoms with Gasteiger partial charge in [0.1, 0.15) is 5.82 Å². The summed E-state index contributed by atoms with van der Waals surface area (Å²) in [6.07, 6.45) is 7.69. The van der Waals surface area contributed by atoms with E-state index in [1.54, 1.807) is 6.20 Å². The maximum absolute atomic E-state index is 5.91. The van der Waals surface area contributed by atoms with Crippen LogP contribution in [0.1, 0.15) is 25.7 Å². The Morgan fingerprint density at radius 3 is 2.50 bits per heavy atom. The number of fused-ring (bicyclic) bond motifs is 2. The van der Waals surface area contributed by atoms with Crippen molar-refractivity contribution in [1.29, 1.82) is 0 Å². The maximum Gasteiger partial charge on any atom is 0.128 e. The van der Waals surface area contributed by atoms with Gasteiger partial charge in [0.05, 0.1) is 5.02 Å². The molecule has 3 atom stereocenters. The van der Waals surface area contributed by atoms with Crippen molar-refractivity contribution >= 4 is 17.4 Å². The third-order valence-corrected chi connectivity index (χ3v) is 5.74. The van der Waals surface area contributed by atoms with Gasteiger partial charge in [0, 0.05) is 38.4 Å². The first-order valence-corrected chi connectivity index (χ1v) is 8.28. The molecule has 0 aromatic carbocycles. The summed E-state index contributed by atoms with van der Waals surface area (Å²) in [5.74, 6) is 3.11. The third-order valence-electron chi connectivity index (χ3n) is 5.52. The van der Waals surface area contributed by atoms with Gasteiger partial charge in [0.2, 0.25) is 0 Å². The molecule has 3 aliphatic rings. The minimum atomic E-state index is 0.717. The molecule has 2 aliphatic carbocycles. The molecule has 0 N–H and O–H groups in total. The molecule has 1 aromatic heterocycles. The Bertz CT molecular complexity index is 467. The molecule has 20 heavy (non-hydrogen) atoms.